The normalized spacial score (nSPS) is 13.5. The maximum Gasteiger partial charge on any atom is -0.00438 e. The molecule has 0 spiro atoms. The summed E-state index contributed by atoms with van der Waals surface area (Å²) in [6, 6.07) is 0. The Morgan fingerprint density at radius 2 is 1.09 bits per heavy atom. The predicted molar refractivity (Wildman–Crippen MR) is 102 cm³/mol. The zero-order chi connectivity index (χ0) is 16.7. The summed E-state index contributed by atoms with van der Waals surface area (Å²) in [5.74, 6) is 0.709. The molecule has 0 amide bonds. The van der Waals surface area contributed by atoms with Crippen molar-refractivity contribution < 1.29 is 0 Å². The van der Waals surface area contributed by atoms with Crippen molar-refractivity contribution in [3.05, 3.63) is 0 Å². The molecule has 0 rings (SSSR count). The first kappa shape index (κ1) is 22.0. The van der Waals surface area contributed by atoms with Crippen LogP contribution in [0.3, 0.4) is 0 Å². The molecule has 2 N–H and O–H groups in total. The molecular formula is C21H45N. The lowest BCUT2D eigenvalue weighted by atomic mass is 9.74. The molecule has 1 unspecified atom stereocenters. The van der Waals surface area contributed by atoms with Crippen LogP contribution < -0.4 is 5.73 Å². The fourth-order valence-corrected chi connectivity index (χ4v) is 3.35. The van der Waals surface area contributed by atoms with Crippen molar-refractivity contribution in [3.8, 4) is 0 Å². The number of hydrogen-bond donors (Lipinski definition) is 1. The zero-order valence-electron chi connectivity index (χ0n) is 16.3. The van der Waals surface area contributed by atoms with E-state index in [2.05, 4.69) is 27.7 Å². The van der Waals surface area contributed by atoms with Gasteiger partial charge in [0.1, 0.15) is 0 Å². The summed E-state index contributed by atoms with van der Waals surface area (Å²) >= 11 is 0. The lowest BCUT2D eigenvalue weighted by Crippen LogP contribution is -2.30. The first-order chi connectivity index (χ1) is 10.6. The minimum Gasteiger partial charge on any atom is -0.330 e. The van der Waals surface area contributed by atoms with Crippen molar-refractivity contribution in [3.63, 3.8) is 0 Å². The number of unbranched alkanes of at least 4 members (excludes halogenated alkanes) is 11. The second-order valence-corrected chi connectivity index (χ2v) is 7.95. The maximum absolute atomic E-state index is 5.97. The highest BCUT2D eigenvalue weighted by molar-refractivity contribution is 4.77. The van der Waals surface area contributed by atoms with Crippen LogP contribution in [-0.2, 0) is 0 Å². The van der Waals surface area contributed by atoms with Gasteiger partial charge < -0.3 is 5.73 Å². The van der Waals surface area contributed by atoms with E-state index in [9.17, 15) is 0 Å². The van der Waals surface area contributed by atoms with E-state index in [0.717, 1.165) is 6.54 Å². The Hall–Kier alpha value is -0.0400. The Morgan fingerprint density at radius 1 is 0.682 bits per heavy atom. The molecule has 0 aliphatic carbocycles. The van der Waals surface area contributed by atoms with Crippen molar-refractivity contribution in [1.82, 2.24) is 0 Å². The van der Waals surface area contributed by atoms with Crippen LogP contribution in [0.4, 0.5) is 0 Å². The quantitative estimate of drug-likeness (QED) is 0.302. The van der Waals surface area contributed by atoms with Gasteiger partial charge in [-0.2, -0.15) is 0 Å². The van der Waals surface area contributed by atoms with Gasteiger partial charge in [0.2, 0.25) is 0 Å². The SMILES string of the molecule is CCCCCCCCCCCCCCC(CN)C(C)(C)CC. The lowest BCUT2D eigenvalue weighted by molar-refractivity contribution is 0.193. The second-order valence-electron chi connectivity index (χ2n) is 7.95. The van der Waals surface area contributed by atoms with Gasteiger partial charge in [0, 0.05) is 0 Å². The average Bonchev–Trinajstić information content (AvgIpc) is 2.51. The molecular weight excluding hydrogens is 266 g/mol. The highest BCUT2D eigenvalue weighted by atomic mass is 14.6. The van der Waals surface area contributed by atoms with Crippen LogP contribution in [0.2, 0.25) is 0 Å². The molecule has 0 bridgehead atoms. The van der Waals surface area contributed by atoms with Crippen molar-refractivity contribution in [1.29, 1.82) is 0 Å². The summed E-state index contributed by atoms with van der Waals surface area (Å²) in [7, 11) is 0. The molecule has 22 heavy (non-hydrogen) atoms. The van der Waals surface area contributed by atoms with Crippen LogP contribution in [0.5, 0.6) is 0 Å². The standard InChI is InChI=1S/C21H45N/c1-5-7-8-9-10-11-12-13-14-15-16-17-18-20(19-22)21(3,4)6-2/h20H,5-19,22H2,1-4H3. The minimum atomic E-state index is 0.423. The van der Waals surface area contributed by atoms with E-state index >= 15 is 0 Å². The molecule has 0 saturated carbocycles. The molecule has 0 aromatic heterocycles. The van der Waals surface area contributed by atoms with Crippen LogP contribution in [-0.4, -0.2) is 6.54 Å². The first-order valence-corrected chi connectivity index (χ1v) is 10.3. The third-order valence-corrected chi connectivity index (χ3v) is 5.71. The van der Waals surface area contributed by atoms with E-state index in [1.807, 2.05) is 0 Å². The molecule has 0 aromatic rings. The third kappa shape index (κ3) is 11.5. The summed E-state index contributed by atoms with van der Waals surface area (Å²) in [6.07, 6.45) is 19.8. The molecule has 0 fully saturated rings. The van der Waals surface area contributed by atoms with Crippen LogP contribution in [0.25, 0.3) is 0 Å². The maximum atomic E-state index is 5.97. The van der Waals surface area contributed by atoms with Gasteiger partial charge in [0.25, 0.3) is 0 Å². The second kappa shape index (κ2) is 14.5. The van der Waals surface area contributed by atoms with Crippen LogP contribution in [0, 0.1) is 11.3 Å². The topological polar surface area (TPSA) is 26.0 Å². The summed E-state index contributed by atoms with van der Waals surface area (Å²) in [6.45, 7) is 10.2. The smallest absolute Gasteiger partial charge is 0.00438 e. The summed E-state index contributed by atoms with van der Waals surface area (Å²) < 4.78 is 0. The summed E-state index contributed by atoms with van der Waals surface area (Å²) in [4.78, 5) is 0. The Balaban J connectivity index is 3.36. The predicted octanol–water partition coefficient (Wildman–Crippen LogP) is 7.09. The van der Waals surface area contributed by atoms with Crippen molar-refractivity contribution in [2.24, 2.45) is 17.1 Å². The van der Waals surface area contributed by atoms with Gasteiger partial charge in [-0.05, 0) is 24.3 Å². The molecule has 0 saturated heterocycles. The van der Waals surface area contributed by atoms with Crippen molar-refractivity contribution in [2.75, 3.05) is 6.54 Å². The highest BCUT2D eigenvalue weighted by Crippen LogP contribution is 2.33. The number of hydrogen-bond acceptors (Lipinski definition) is 1. The van der Waals surface area contributed by atoms with E-state index in [1.54, 1.807) is 0 Å². The average molecular weight is 312 g/mol. The Labute approximate surface area is 141 Å². The van der Waals surface area contributed by atoms with Gasteiger partial charge in [0.15, 0.2) is 0 Å². The summed E-state index contributed by atoms with van der Waals surface area (Å²) in [5, 5.41) is 0. The minimum absolute atomic E-state index is 0.423. The van der Waals surface area contributed by atoms with Gasteiger partial charge in [-0.1, -0.05) is 111 Å². The largest absolute Gasteiger partial charge is 0.330 e. The fourth-order valence-electron chi connectivity index (χ4n) is 3.35. The Kier molecular flexibility index (Phi) is 14.5. The van der Waals surface area contributed by atoms with Crippen molar-refractivity contribution in [2.45, 2.75) is 118 Å². The van der Waals surface area contributed by atoms with Gasteiger partial charge in [-0.3, -0.25) is 0 Å². The summed E-state index contributed by atoms with van der Waals surface area (Å²) in [5.41, 5.74) is 6.40. The van der Waals surface area contributed by atoms with Crippen LogP contribution in [0.15, 0.2) is 0 Å². The third-order valence-electron chi connectivity index (χ3n) is 5.71. The molecule has 134 valence electrons. The van der Waals surface area contributed by atoms with Gasteiger partial charge >= 0.3 is 0 Å². The van der Waals surface area contributed by atoms with Gasteiger partial charge in [0.05, 0.1) is 0 Å². The lowest BCUT2D eigenvalue weighted by Gasteiger charge is -2.32. The number of nitrogens with two attached hydrogens (primary N) is 1. The van der Waals surface area contributed by atoms with E-state index in [1.165, 1.54) is 89.9 Å². The van der Waals surface area contributed by atoms with Gasteiger partial charge in [-0.25, -0.2) is 0 Å². The van der Waals surface area contributed by atoms with Gasteiger partial charge in [-0.15, -0.1) is 0 Å². The fraction of sp³-hybridized carbons (Fsp3) is 1.00. The zero-order valence-corrected chi connectivity index (χ0v) is 16.3. The first-order valence-electron chi connectivity index (χ1n) is 10.3. The van der Waals surface area contributed by atoms with Crippen molar-refractivity contribution >= 4 is 0 Å². The molecule has 0 radical (unpaired) electrons. The van der Waals surface area contributed by atoms with Crippen LogP contribution >= 0.6 is 0 Å². The molecule has 1 atom stereocenters. The van der Waals surface area contributed by atoms with E-state index in [4.69, 9.17) is 5.73 Å². The van der Waals surface area contributed by atoms with E-state index < -0.39 is 0 Å². The Morgan fingerprint density at radius 3 is 1.45 bits per heavy atom. The van der Waals surface area contributed by atoms with E-state index in [-0.39, 0.29) is 0 Å². The number of rotatable bonds is 16. The molecule has 0 aliphatic rings. The molecule has 0 heterocycles. The monoisotopic (exact) mass is 311 g/mol. The highest BCUT2D eigenvalue weighted by Gasteiger charge is 2.25. The molecule has 0 aromatic carbocycles. The molecule has 1 nitrogen and oxygen atoms in total. The molecule has 0 aliphatic heterocycles. The Bertz CT molecular complexity index is 222. The molecule has 1 heteroatoms. The van der Waals surface area contributed by atoms with E-state index in [0.29, 0.717) is 11.3 Å². The van der Waals surface area contributed by atoms with Crippen LogP contribution in [0.1, 0.15) is 118 Å².